The highest BCUT2D eigenvalue weighted by atomic mass is 16.5. The molecule has 2 nitrogen and oxygen atoms in total. The molecule has 1 saturated carbocycles. The fourth-order valence-corrected chi connectivity index (χ4v) is 2.10. The Morgan fingerprint density at radius 1 is 1.42 bits per heavy atom. The Bertz CT molecular complexity index is 137. The Kier molecular flexibility index (Phi) is 3.13. The lowest BCUT2D eigenvalue weighted by Gasteiger charge is -2.41. The van der Waals surface area contributed by atoms with Crippen LogP contribution in [0.5, 0.6) is 0 Å². The summed E-state index contributed by atoms with van der Waals surface area (Å²) < 4.78 is 5.56. The van der Waals surface area contributed by atoms with Crippen LogP contribution < -0.4 is 5.73 Å². The smallest absolute Gasteiger partial charge is 0.0826 e. The second-order valence-corrected chi connectivity index (χ2v) is 4.24. The number of methoxy groups -OCH3 is 1. The van der Waals surface area contributed by atoms with Gasteiger partial charge in [0.25, 0.3) is 0 Å². The number of hydrogen-bond acceptors (Lipinski definition) is 2. The van der Waals surface area contributed by atoms with E-state index in [1.807, 2.05) is 0 Å². The van der Waals surface area contributed by atoms with Gasteiger partial charge in [-0.25, -0.2) is 0 Å². The predicted octanol–water partition coefficient (Wildman–Crippen LogP) is 1.93. The molecule has 0 saturated heterocycles. The molecular formula is C10H21NO. The minimum atomic E-state index is -0.0213. The minimum absolute atomic E-state index is 0.0213. The van der Waals surface area contributed by atoms with Gasteiger partial charge in [0.1, 0.15) is 0 Å². The van der Waals surface area contributed by atoms with Crippen LogP contribution in [0.1, 0.15) is 39.5 Å². The molecule has 0 unspecified atom stereocenters. The maximum absolute atomic E-state index is 5.93. The average Bonchev–Trinajstić information content (AvgIpc) is 2.06. The van der Waals surface area contributed by atoms with Crippen LogP contribution in [0.2, 0.25) is 0 Å². The van der Waals surface area contributed by atoms with Crippen molar-refractivity contribution in [2.45, 2.75) is 51.2 Å². The van der Waals surface area contributed by atoms with Crippen molar-refractivity contribution < 1.29 is 4.74 Å². The normalized spacial score (nSPS) is 39.5. The van der Waals surface area contributed by atoms with E-state index in [-0.39, 0.29) is 11.6 Å². The molecule has 0 aromatic carbocycles. The Morgan fingerprint density at radius 2 is 1.92 bits per heavy atom. The van der Waals surface area contributed by atoms with E-state index < -0.39 is 0 Å². The van der Waals surface area contributed by atoms with E-state index in [4.69, 9.17) is 10.5 Å². The molecule has 12 heavy (non-hydrogen) atoms. The molecule has 0 bridgehead atoms. The first-order valence-electron chi connectivity index (χ1n) is 4.91. The molecule has 0 heterocycles. The zero-order chi connectivity index (χ0) is 9.19. The molecule has 2 heteroatoms. The van der Waals surface area contributed by atoms with Crippen molar-refractivity contribution in [3.05, 3.63) is 0 Å². The highest BCUT2D eigenvalue weighted by Crippen LogP contribution is 2.35. The Morgan fingerprint density at radius 3 is 2.25 bits per heavy atom. The van der Waals surface area contributed by atoms with Gasteiger partial charge in [-0.2, -0.15) is 0 Å². The average molecular weight is 171 g/mol. The zero-order valence-corrected chi connectivity index (χ0v) is 8.47. The second kappa shape index (κ2) is 3.75. The quantitative estimate of drug-likeness (QED) is 0.689. The second-order valence-electron chi connectivity index (χ2n) is 4.24. The van der Waals surface area contributed by atoms with Crippen LogP contribution in [0.4, 0.5) is 0 Å². The third-order valence-corrected chi connectivity index (χ3v) is 3.36. The molecule has 0 radical (unpaired) electrons. The SMILES string of the molecule is COC1([C@H](C)N)CCC(C)CC1. The maximum Gasteiger partial charge on any atom is 0.0826 e. The molecule has 0 aromatic heterocycles. The summed E-state index contributed by atoms with van der Waals surface area (Å²) in [4.78, 5) is 0. The topological polar surface area (TPSA) is 35.2 Å². The fraction of sp³-hybridized carbons (Fsp3) is 1.00. The van der Waals surface area contributed by atoms with Gasteiger partial charge >= 0.3 is 0 Å². The molecule has 1 aliphatic rings. The molecule has 0 amide bonds. The van der Waals surface area contributed by atoms with Crippen molar-refractivity contribution in [1.29, 1.82) is 0 Å². The molecule has 1 rings (SSSR count). The van der Waals surface area contributed by atoms with Gasteiger partial charge in [0.2, 0.25) is 0 Å². The first-order valence-corrected chi connectivity index (χ1v) is 4.91. The zero-order valence-electron chi connectivity index (χ0n) is 8.47. The van der Waals surface area contributed by atoms with Crippen molar-refractivity contribution in [2.75, 3.05) is 7.11 Å². The predicted molar refractivity (Wildman–Crippen MR) is 51.0 cm³/mol. The van der Waals surface area contributed by atoms with E-state index in [0.29, 0.717) is 0 Å². The van der Waals surface area contributed by atoms with Crippen LogP contribution in [0.25, 0.3) is 0 Å². The summed E-state index contributed by atoms with van der Waals surface area (Å²) >= 11 is 0. The van der Waals surface area contributed by atoms with Gasteiger partial charge in [-0.1, -0.05) is 6.92 Å². The van der Waals surface area contributed by atoms with E-state index in [2.05, 4.69) is 13.8 Å². The highest BCUT2D eigenvalue weighted by Gasteiger charge is 2.37. The van der Waals surface area contributed by atoms with Gasteiger partial charge in [-0.3, -0.25) is 0 Å². The van der Waals surface area contributed by atoms with Crippen LogP contribution in [-0.2, 0) is 4.74 Å². The number of nitrogens with two attached hydrogens (primary N) is 1. The molecule has 0 aromatic rings. The highest BCUT2D eigenvalue weighted by molar-refractivity contribution is 4.92. The third-order valence-electron chi connectivity index (χ3n) is 3.36. The van der Waals surface area contributed by atoms with Gasteiger partial charge in [-0.05, 0) is 38.5 Å². The maximum atomic E-state index is 5.93. The van der Waals surface area contributed by atoms with E-state index in [1.54, 1.807) is 7.11 Å². The molecule has 1 aliphatic carbocycles. The Balaban J connectivity index is 2.57. The summed E-state index contributed by atoms with van der Waals surface area (Å²) in [5.41, 5.74) is 5.91. The standard InChI is InChI=1S/C10H21NO/c1-8-4-6-10(12-3,7-5-8)9(2)11/h8-9H,4-7,11H2,1-3H3/t8?,9-,10?/m0/s1. The summed E-state index contributed by atoms with van der Waals surface area (Å²) in [5, 5.41) is 0. The molecular weight excluding hydrogens is 150 g/mol. The van der Waals surface area contributed by atoms with Crippen molar-refractivity contribution in [3.63, 3.8) is 0 Å². The lowest BCUT2D eigenvalue weighted by Crippen LogP contribution is -2.49. The Labute approximate surface area is 75.5 Å². The van der Waals surface area contributed by atoms with Crippen molar-refractivity contribution in [2.24, 2.45) is 11.7 Å². The molecule has 2 N–H and O–H groups in total. The van der Waals surface area contributed by atoms with Gasteiger partial charge in [0, 0.05) is 13.2 Å². The fourth-order valence-electron chi connectivity index (χ4n) is 2.10. The first-order chi connectivity index (χ1) is 5.60. The van der Waals surface area contributed by atoms with Gasteiger partial charge in [0.05, 0.1) is 5.60 Å². The largest absolute Gasteiger partial charge is 0.377 e. The molecule has 72 valence electrons. The van der Waals surface area contributed by atoms with Crippen molar-refractivity contribution in [3.8, 4) is 0 Å². The van der Waals surface area contributed by atoms with E-state index in [9.17, 15) is 0 Å². The first kappa shape index (κ1) is 10.0. The van der Waals surface area contributed by atoms with E-state index in [1.165, 1.54) is 12.8 Å². The lowest BCUT2D eigenvalue weighted by molar-refractivity contribution is -0.0621. The van der Waals surface area contributed by atoms with E-state index in [0.717, 1.165) is 18.8 Å². The Hall–Kier alpha value is -0.0800. The molecule has 0 aliphatic heterocycles. The minimum Gasteiger partial charge on any atom is -0.377 e. The number of rotatable bonds is 2. The van der Waals surface area contributed by atoms with E-state index >= 15 is 0 Å². The monoisotopic (exact) mass is 171 g/mol. The molecule has 0 spiro atoms. The van der Waals surface area contributed by atoms with Crippen LogP contribution in [0.15, 0.2) is 0 Å². The summed E-state index contributed by atoms with van der Waals surface area (Å²) in [6.07, 6.45) is 4.77. The molecule has 1 fully saturated rings. The summed E-state index contributed by atoms with van der Waals surface area (Å²) in [5.74, 6) is 0.854. The number of ether oxygens (including phenoxy) is 1. The molecule has 1 atom stereocenters. The van der Waals surface area contributed by atoms with Crippen LogP contribution >= 0.6 is 0 Å². The summed E-state index contributed by atoms with van der Waals surface area (Å²) in [6, 6.07) is 0.162. The van der Waals surface area contributed by atoms with Crippen LogP contribution in [0, 0.1) is 5.92 Å². The third kappa shape index (κ3) is 1.80. The van der Waals surface area contributed by atoms with Gasteiger partial charge < -0.3 is 10.5 Å². The van der Waals surface area contributed by atoms with Crippen molar-refractivity contribution in [1.82, 2.24) is 0 Å². The number of hydrogen-bond donors (Lipinski definition) is 1. The lowest BCUT2D eigenvalue weighted by atomic mass is 9.76. The van der Waals surface area contributed by atoms with Gasteiger partial charge in [-0.15, -0.1) is 0 Å². The van der Waals surface area contributed by atoms with Crippen LogP contribution in [0.3, 0.4) is 0 Å². The van der Waals surface area contributed by atoms with Crippen molar-refractivity contribution >= 4 is 0 Å². The summed E-state index contributed by atoms with van der Waals surface area (Å²) in [6.45, 7) is 4.36. The van der Waals surface area contributed by atoms with Gasteiger partial charge in [0.15, 0.2) is 0 Å². The summed E-state index contributed by atoms with van der Waals surface area (Å²) in [7, 11) is 1.79. The van der Waals surface area contributed by atoms with Crippen LogP contribution in [-0.4, -0.2) is 18.8 Å².